The van der Waals surface area contributed by atoms with Crippen molar-refractivity contribution in [3.63, 3.8) is 0 Å². The van der Waals surface area contributed by atoms with Gasteiger partial charge in [-0.2, -0.15) is 28.6 Å². The molecule has 0 aliphatic carbocycles. The highest BCUT2D eigenvalue weighted by molar-refractivity contribution is 7.98. The molecule has 0 bridgehead atoms. The van der Waals surface area contributed by atoms with Crippen molar-refractivity contribution in [2.24, 2.45) is 4.99 Å². The van der Waals surface area contributed by atoms with E-state index in [1.54, 1.807) is 48.1 Å². The van der Waals surface area contributed by atoms with Crippen LogP contribution in [-0.2, 0) is 9.59 Å². The number of aromatic nitrogens is 2. The third-order valence-corrected chi connectivity index (χ3v) is 4.82. The summed E-state index contributed by atoms with van der Waals surface area (Å²) in [6.07, 6.45) is 11.0. The van der Waals surface area contributed by atoms with E-state index in [1.165, 1.54) is 4.68 Å². The number of carbonyl (C=O) groups excluding carboxylic acids is 2. The number of allylic oxidation sites excluding steroid dienone is 3. The first kappa shape index (κ1) is 22.5. The van der Waals surface area contributed by atoms with Crippen molar-refractivity contribution in [2.45, 2.75) is 19.8 Å². The first-order chi connectivity index (χ1) is 12.5. The molecule has 142 valence electrons. The molecule has 0 unspecified atom stereocenters. The number of imide groups is 1. The van der Waals surface area contributed by atoms with Crippen LogP contribution in [0.15, 0.2) is 29.5 Å². The normalized spacial score (nSPS) is 11.8. The van der Waals surface area contributed by atoms with E-state index in [9.17, 15) is 9.59 Å². The number of anilines is 1. The summed E-state index contributed by atoms with van der Waals surface area (Å²) in [5, 5.41) is 4.32. The van der Waals surface area contributed by atoms with Gasteiger partial charge in [0, 0.05) is 36.2 Å². The first-order valence-corrected chi connectivity index (χ1v) is 11.0. The van der Waals surface area contributed by atoms with Crippen LogP contribution in [0.1, 0.15) is 19.8 Å². The lowest BCUT2D eigenvalue weighted by atomic mass is 10.3. The van der Waals surface area contributed by atoms with Crippen LogP contribution < -0.4 is 4.90 Å². The van der Waals surface area contributed by atoms with E-state index >= 15 is 0 Å². The van der Waals surface area contributed by atoms with Gasteiger partial charge in [0.05, 0.1) is 6.20 Å². The van der Waals surface area contributed by atoms with Gasteiger partial charge in [0.1, 0.15) is 5.69 Å². The van der Waals surface area contributed by atoms with Gasteiger partial charge in [-0.05, 0) is 38.3 Å². The van der Waals surface area contributed by atoms with Crippen LogP contribution in [0.4, 0.5) is 5.69 Å². The highest BCUT2D eigenvalue weighted by Crippen LogP contribution is 2.27. The van der Waals surface area contributed by atoms with Crippen molar-refractivity contribution < 1.29 is 9.59 Å². The van der Waals surface area contributed by atoms with Crippen LogP contribution in [0.25, 0.3) is 5.70 Å². The smallest absolute Gasteiger partial charge is 0.234 e. The Morgan fingerprint density at radius 3 is 2.38 bits per heavy atom. The Kier molecular flexibility index (Phi) is 10.4. The molecule has 0 radical (unpaired) electrons. The number of aliphatic imine (C=N–C) groups is 1. The number of hydrogen-bond acceptors (Lipinski definition) is 6. The van der Waals surface area contributed by atoms with E-state index in [4.69, 9.17) is 11.6 Å². The fourth-order valence-corrected chi connectivity index (χ4v) is 2.98. The molecule has 0 saturated carbocycles. The second-order valence-corrected chi connectivity index (χ2v) is 7.52. The highest BCUT2D eigenvalue weighted by atomic mass is 35.5. The summed E-state index contributed by atoms with van der Waals surface area (Å²) >= 11 is 9.34. The standard InChI is InChI=1S/C17H23ClN4O2S2/c1-13(6-5-9-19-2)21-12-14(17(18)20-21)22(15(23)7-10-25-3)16(24)8-11-26-4/h5-6,9,12H,2,7-8,10-11H2,1,3-4H3/b9-5-,13-6+. The summed E-state index contributed by atoms with van der Waals surface area (Å²) in [6, 6.07) is 0. The Balaban J connectivity index is 3.18. The van der Waals surface area contributed by atoms with Crippen LogP contribution in [0.3, 0.4) is 0 Å². The third-order valence-electron chi connectivity index (χ3n) is 3.32. The minimum absolute atomic E-state index is 0.110. The number of carbonyl (C=O) groups is 2. The molecule has 1 rings (SSSR count). The van der Waals surface area contributed by atoms with Crippen molar-refractivity contribution in [3.8, 4) is 0 Å². The van der Waals surface area contributed by atoms with Crippen molar-refractivity contribution in [3.05, 3.63) is 29.7 Å². The zero-order chi connectivity index (χ0) is 19.5. The van der Waals surface area contributed by atoms with Crippen molar-refractivity contribution in [1.82, 2.24) is 9.78 Å². The quantitative estimate of drug-likeness (QED) is 0.428. The van der Waals surface area contributed by atoms with Crippen LogP contribution >= 0.6 is 35.1 Å². The zero-order valence-corrected chi connectivity index (χ0v) is 17.5. The summed E-state index contributed by atoms with van der Waals surface area (Å²) in [6.45, 7) is 5.19. The molecule has 26 heavy (non-hydrogen) atoms. The van der Waals surface area contributed by atoms with Gasteiger partial charge < -0.3 is 0 Å². The molecule has 0 N–H and O–H groups in total. The largest absolute Gasteiger partial charge is 0.274 e. The Morgan fingerprint density at radius 1 is 1.31 bits per heavy atom. The molecule has 9 heteroatoms. The summed E-state index contributed by atoms with van der Waals surface area (Å²) in [7, 11) is 0. The summed E-state index contributed by atoms with van der Waals surface area (Å²) < 4.78 is 1.53. The lowest BCUT2D eigenvalue weighted by Crippen LogP contribution is -2.37. The molecule has 6 nitrogen and oxygen atoms in total. The Morgan fingerprint density at radius 2 is 1.88 bits per heavy atom. The Bertz CT molecular complexity index is 681. The van der Waals surface area contributed by atoms with E-state index in [2.05, 4.69) is 16.8 Å². The summed E-state index contributed by atoms with van der Waals surface area (Å²) in [4.78, 5) is 30.0. The number of amides is 2. The molecule has 0 fully saturated rings. The van der Waals surface area contributed by atoms with Crippen LogP contribution in [0, 0.1) is 0 Å². The maximum Gasteiger partial charge on any atom is 0.234 e. The van der Waals surface area contributed by atoms with Crippen LogP contribution in [-0.4, -0.2) is 52.3 Å². The molecular weight excluding hydrogens is 392 g/mol. The summed E-state index contributed by atoms with van der Waals surface area (Å²) in [5.41, 5.74) is 1.06. The lowest BCUT2D eigenvalue weighted by Gasteiger charge is -2.19. The predicted octanol–water partition coefficient (Wildman–Crippen LogP) is 3.98. The van der Waals surface area contributed by atoms with Gasteiger partial charge >= 0.3 is 0 Å². The molecule has 0 saturated heterocycles. The molecular formula is C17H23ClN4O2S2. The minimum Gasteiger partial charge on any atom is -0.274 e. The molecule has 1 aromatic rings. The Hall–Kier alpha value is -1.51. The van der Waals surface area contributed by atoms with Crippen molar-refractivity contribution in [2.75, 3.05) is 28.9 Å². The lowest BCUT2D eigenvalue weighted by molar-refractivity contribution is -0.126. The fourth-order valence-electron chi connectivity index (χ4n) is 2.00. The SMILES string of the molecule is C=N/C=C\C=C(/C)n1cc(N(C(=O)CCSC)C(=O)CCSC)c(Cl)n1. The molecule has 0 aliphatic heterocycles. The number of thioether (sulfide) groups is 2. The number of nitrogens with zero attached hydrogens (tertiary/aromatic N) is 4. The van der Waals surface area contributed by atoms with Gasteiger partial charge in [0.25, 0.3) is 0 Å². The van der Waals surface area contributed by atoms with Gasteiger partial charge in [-0.15, -0.1) is 0 Å². The van der Waals surface area contributed by atoms with Gasteiger partial charge in [-0.25, -0.2) is 9.58 Å². The van der Waals surface area contributed by atoms with E-state index < -0.39 is 0 Å². The monoisotopic (exact) mass is 414 g/mol. The molecule has 0 spiro atoms. The molecule has 1 aromatic heterocycles. The second kappa shape index (κ2) is 12.0. The van der Waals surface area contributed by atoms with Gasteiger partial charge in [0.2, 0.25) is 11.8 Å². The number of rotatable bonds is 10. The van der Waals surface area contributed by atoms with E-state index in [-0.39, 0.29) is 29.8 Å². The summed E-state index contributed by atoms with van der Waals surface area (Å²) in [5.74, 6) is 0.721. The van der Waals surface area contributed by atoms with Crippen LogP contribution in [0.5, 0.6) is 0 Å². The second-order valence-electron chi connectivity index (χ2n) is 5.19. The average molecular weight is 415 g/mol. The maximum absolute atomic E-state index is 12.6. The molecule has 0 atom stereocenters. The Labute approximate surface area is 167 Å². The third kappa shape index (κ3) is 6.66. The van der Waals surface area contributed by atoms with E-state index in [1.807, 2.05) is 19.4 Å². The minimum atomic E-state index is -0.274. The zero-order valence-electron chi connectivity index (χ0n) is 15.1. The predicted molar refractivity (Wildman–Crippen MR) is 114 cm³/mol. The molecule has 1 heterocycles. The van der Waals surface area contributed by atoms with Crippen molar-refractivity contribution >= 4 is 65.0 Å². The first-order valence-electron chi connectivity index (χ1n) is 7.84. The fraction of sp³-hybridized carbons (Fsp3) is 0.412. The number of hydrogen-bond donors (Lipinski definition) is 0. The van der Waals surface area contributed by atoms with E-state index in [0.717, 1.165) is 10.6 Å². The van der Waals surface area contributed by atoms with Crippen LogP contribution in [0.2, 0.25) is 5.15 Å². The number of halogens is 1. The topological polar surface area (TPSA) is 67.6 Å². The molecule has 2 amide bonds. The molecule has 0 aromatic carbocycles. The van der Waals surface area contributed by atoms with Gasteiger partial charge in [-0.1, -0.05) is 11.6 Å². The van der Waals surface area contributed by atoms with Gasteiger partial charge in [0.15, 0.2) is 5.15 Å². The van der Waals surface area contributed by atoms with Gasteiger partial charge in [-0.3, -0.25) is 14.6 Å². The van der Waals surface area contributed by atoms with E-state index in [0.29, 0.717) is 17.2 Å². The average Bonchev–Trinajstić information content (AvgIpc) is 3.00. The highest BCUT2D eigenvalue weighted by Gasteiger charge is 2.27. The molecule has 0 aliphatic rings. The maximum atomic E-state index is 12.6. The van der Waals surface area contributed by atoms with Crippen molar-refractivity contribution in [1.29, 1.82) is 0 Å².